The van der Waals surface area contributed by atoms with Crippen molar-refractivity contribution in [3.8, 4) is 0 Å². The first kappa shape index (κ1) is 13.7. The molecule has 0 bridgehead atoms. The zero-order chi connectivity index (χ0) is 12.0. The third kappa shape index (κ3) is 4.24. The summed E-state index contributed by atoms with van der Waals surface area (Å²) in [5.41, 5.74) is 1.32. The fourth-order valence-electron chi connectivity index (χ4n) is 1.71. The molecule has 1 rings (SSSR count). The molecule has 1 atom stereocenters. The molecule has 0 heterocycles. The predicted molar refractivity (Wildman–Crippen MR) is 73.6 cm³/mol. The Labute approximate surface area is 107 Å². The first-order chi connectivity index (χ1) is 7.65. The molecule has 1 aromatic rings. The van der Waals surface area contributed by atoms with Gasteiger partial charge in [-0.15, -0.1) is 0 Å². The van der Waals surface area contributed by atoms with Gasteiger partial charge in [-0.05, 0) is 32.1 Å². The summed E-state index contributed by atoms with van der Waals surface area (Å²) in [4.78, 5) is 2.27. The quantitative estimate of drug-likeness (QED) is 0.864. The van der Waals surface area contributed by atoms with Crippen LogP contribution in [0.1, 0.15) is 18.9 Å². The predicted octanol–water partition coefficient (Wildman–Crippen LogP) is 2.88. The van der Waals surface area contributed by atoms with E-state index in [1.54, 1.807) is 0 Å². The molecule has 3 heteroatoms. The summed E-state index contributed by atoms with van der Waals surface area (Å²) in [5.74, 6) is 0. The van der Waals surface area contributed by atoms with Crippen molar-refractivity contribution in [2.24, 2.45) is 0 Å². The van der Waals surface area contributed by atoms with Crippen molar-refractivity contribution in [3.05, 3.63) is 34.3 Å². The monoisotopic (exact) mass is 284 g/mol. The summed E-state index contributed by atoms with van der Waals surface area (Å²) in [6, 6.07) is 8.96. The topological polar surface area (TPSA) is 15.3 Å². The molecule has 0 fully saturated rings. The molecule has 1 N–H and O–H groups in total. The van der Waals surface area contributed by atoms with Gasteiger partial charge < -0.3 is 10.2 Å². The average molecular weight is 285 g/mol. The van der Waals surface area contributed by atoms with Crippen molar-refractivity contribution >= 4 is 15.9 Å². The molecule has 0 spiro atoms. The summed E-state index contributed by atoms with van der Waals surface area (Å²) < 4.78 is 1.18. The van der Waals surface area contributed by atoms with E-state index >= 15 is 0 Å². The number of nitrogens with zero attached hydrogens (tertiary/aromatic N) is 1. The Kier molecular flexibility index (Phi) is 6.03. The van der Waals surface area contributed by atoms with Gasteiger partial charge in [-0.25, -0.2) is 0 Å². The Hall–Kier alpha value is -0.380. The second-order valence-electron chi connectivity index (χ2n) is 4.25. The summed E-state index contributed by atoms with van der Waals surface area (Å²) >= 11 is 3.56. The molecule has 2 nitrogen and oxygen atoms in total. The van der Waals surface area contributed by atoms with E-state index in [9.17, 15) is 0 Å². The summed E-state index contributed by atoms with van der Waals surface area (Å²) in [7, 11) is 4.27. The van der Waals surface area contributed by atoms with Crippen molar-refractivity contribution in [2.45, 2.75) is 25.9 Å². The minimum absolute atomic E-state index is 0.613. The van der Waals surface area contributed by atoms with E-state index in [2.05, 4.69) is 65.4 Å². The van der Waals surface area contributed by atoms with Gasteiger partial charge in [-0.3, -0.25) is 0 Å². The first-order valence-electron chi connectivity index (χ1n) is 5.75. The van der Waals surface area contributed by atoms with Crippen molar-refractivity contribution in [1.29, 1.82) is 0 Å². The lowest BCUT2D eigenvalue weighted by Gasteiger charge is -2.23. The number of benzene rings is 1. The highest BCUT2D eigenvalue weighted by molar-refractivity contribution is 9.10. The van der Waals surface area contributed by atoms with E-state index in [0.717, 1.165) is 13.1 Å². The van der Waals surface area contributed by atoms with Crippen LogP contribution in [-0.2, 0) is 6.54 Å². The largest absolute Gasteiger partial charge is 0.311 e. The standard InChI is InChI=1S/C13H21BrN2/c1-4-12(16(2)3)10-15-9-11-7-5-6-8-13(11)14/h5-8,12,15H,4,9-10H2,1-3H3. The van der Waals surface area contributed by atoms with Gasteiger partial charge in [0, 0.05) is 23.6 Å². The van der Waals surface area contributed by atoms with Gasteiger partial charge in [0.25, 0.3) is 0 Å². The molecule has 0 amide bonds. The normalized spacial score (nSPS) is 13.1. The van der Waals surface area contributed by atoms with Gasteiger partial charge >= 0.3 is 0 Å². The zero-order valence-electron chi connectivity index (χ0n) is 10.3. The van der Waals surface area contributed by atoms with Gasteiger partial charge in [-0.1, -0.05) is 41.1 Å². The molecule has 0 radical (unpaired) electrons. The Bertz CT molecular complexity index is 313. The smallest absolute Gasteiger partial charge is 0.0220 e. The Morgan fingerprint density at radius 2 is 2.00 bits per heavy atom. The van der Waals surface area contributed by atoms with E-state index in [1.165, 1.54) is 16.5 Å². The van der Waals surface area contributed by atoms with Crippen molar-refractivity contribution in [3.63, 3.8) is 0 Å². The van der Waals surface area contributed by atoms with Crippen LogP contribution in [0.5, 0.6) is 0 Å². The summed E-state index contributed by atoms with van der Waals surface area (Å²) in [6.07, 6.45) is 1.18. The highest BCUT2D eigenvalue weighted by Crippen LogP contribution is 2.15. The fraction of sp³-hybridized carbons (Fsp3) is 0.538. The maximum Gasteiger partial charge on any atom is 0.0220 e. The molecule has 16 heavy (non-hydrogen) atoms. The van der Waals surface area contributed by atoms with Crippen LogP contribution in [-0.4, -0.2) is 31.6 Å². The van der Waals surface area contributed by atoms with E-state index in [4.69, 9.17) is 0 Å². The Morgan fingerprint density at radius 1 is 1.31 bits per heavy atom. The lowest BCUT2D eigenvalue weighted by molar-refractivity contribution is 0.276. The van der Waals surface area contributed by atoms with Gasteiger partial charge in [0.2, 0.25) is 0 Å². The van der Waals surface area contributed by atoms with Gasteiger partial charge in [0.15, 0.2) is 0 Å². The van der Waals surface area contributed by atoms with E-state index < -0.39 is 0 Å². The molecule has 0 saturated heterocycles. The SMILES string of the molecule is CCC(CNCc1ccccc1Br)N(C)C. The third-order valence-electron chi connectivity index (χ3n) is 2.85. The number of nitrogens with one attached hydrogen (secondary N) is 1. The Balaban J connectivity index is 2.38. The number of halogens is 1. The second-order valence-corrected chi connectivity index (χ2v) is 5.10. The van der Waals surface area contributed by atoms with E-state index in [0.29, 0.717) is 6.04 Å². The number of likely N-dealkylation sites (N-methyl/N-ethyl adjacent to an activating group) is 1. The molecule has 0 aliphatic heterocycles. The highest BCUT2D eigenvalue weighted by atomic mass is 79.9. The van der Waals surface area contributed by atoms with Crippen molar-refractivity contribution in [1.82, 2.24) is 10.2 Å². The third-order valence-corrected chi connectivity index (χ3v) is 3.63. The van der Waals surface area contributed by atoms with Crippen LogP contribution in [0.4, 0.5) is 0 Å². The van der Waals surface area contributed by atoms with Crippen LogP contribution < -0.4 is 5.32 Å². The zero-order valence-corrected chi connectivity index (χ0v) is 11.9. The van der Waals surface area contributed by atoms with Gasteiger partial charge in [-0.2, -0.15) is 0 Å². The molecule has 90 valence electrons. The highest BCUT2D eigenvalue weighted by Gasteiger charge is 2.07. The van der Waals surface area contributed by atoms with Crippen molar-refractivity contribution in [2.75, 3.05) is 20.6 Å². The average Bonchev–Trinajstić information content (AvgIpc) is 2.26. The molecule has 1 aromatic carbocycles. The van der Waals surface area contributed by atoms with E-state index in [-0.39, 0.29) is 0 Å². The number of rotatable bonds is 6. The number of hydrogen-bond acceptors (Lipinski definition) is 2. The van der Waals surface area contributed by atoms with Crippen LogP contribution >= 0.6 is 15.9 Å². The molecule has 0 aliphatic carbocycles. The molecule has 0 saturated carbocycles. The molecular weight excluding hydrogens is 264 g/mol. The molecular formula is C13H21BrN2. The lowest BCUT2D eigenvalue weighted by atomic mass is 10.2. The fourth-order valence-corrected chi connectivity index (χ4v) is 2.13. The van der Waals surface area contributed by atoms with Gasteiger partial charge in [0.1, 0.15) is 0 Å². The summed E-state index contributed by atoms with van der Waals surface area (Å²) in [5, 5.41) is 3.50. The number of hydrogen-bond donors (Lipinski definition) is 1. The summed E-state index contributed by atoms with van der Waals surface area (Å²) in [6.45, 7) is 4.18. The second kappa shape index (κ2) is 7.05. The first-order valence-corrected chi connectivity index (χ1v) is 6.55. The molecule has 1 unspecified atom stereocenters. The van der Waals surface area contributed by atoms with Crippen LogP contribution in [0.3, 0.4) is 0 Å². The minimum atomic E-state index is 0.613. The lowest BCUT2D eigenvalue weighted by Crippen LogP contribution is -2.37. The van der Waals surface area contributed by atoms with Crippen LogP contribution in [0.25, 0.3) is 0 Å². The Morgan fingerprint density at radius 3 is 2.56 bits per heavy atom. The van der Waals surface area contributed by atoms with Crippen molar-refractivity contribution < 1.29 is 0 Å². The molecule has 0 aromatic heterocycles. The van der Waals surface area contributed by atoms with Crippen LogP contribution in [0.15, 0.2) is 28.7 Å². The molecule has 0 aliphatic rings. The van der Waals surface area contributed by atoms with Crippen LogP contribution in [0, 0.1) is 0 Å². The maximum atomic E-state index is 3.56. The van der Waals surface area contributed by atoms with Gasteiger partial charge in [0.05, 0.1) is 0 Å². The maximum absolute atomic E-state index is 3.56. The van der Waals surface area contributed by atoms with Crippen LogP contribution in [0.2, 0.25) is 0 Å². The van der Waals surface area contributed by atoms with E-state index in [1.807, 2.05) is 6.07 Å². The minimum Gasteiger partial charge on any atom is -0.311 e.